The molecular weight excluding hydrogens is 162 g/mol. The van der Waals surface area contributed by atoms with Crippen molar-refractivity contribution in [2.45, 2.75) is 5.50 Å². The summed E-state index contributed by atoms with van der Waals surface area (Å²) in [5.74, 6) is 0. The highest BCUT2D eigenvalue weighted by molar-refractivity contribution is 6.21. The monoisotopic (exact) mass is 173 g/mol. The summed E-state index contributed by atoms with van der Waals surface area (Å²) >= 11 is 5.80. The first-order valence-corrected chi connectivity index (χ1v) is 3.90. The molecule has 0 fully saturated rings. The number of alkyl halides is 1. The molecule has 11 heavy (non-hydrogen) atoms. The fourth-order valence-corrected chi connectivity index (χ4v) is 1.16. The third-order valence-corrected chi connectivity index (χ3v) is 1.82. The van der Waals surface area contributed by atoms with E-state index < -0.39 is 0 Å². The van der Waals surface area contributed by atoms with Crippen molar-refractivity contribution in [1.29, 1.82) is 0 Å². The molecule has 0 amide bonds. The lowest BCUT2D eigenvalue weighted by Crippen LogP contribution is -2.27. The van der Waals surface area contributed by atoms with E-state index in [9.17, 15) is 0 Å². The third kappa shape index (κ3) is 1.88. The molecule has 0 bridgehead atoms. The molecule has 1 heterocycles. The predicted molar refractivity (Wildman–Crippen MR) is 47.1 cm³/mol. The smallest absolute Gasteiger partial charge is 0.122 e. The van der Waals surface area contributed by atoms with Crippen molar-refractivity contribution in [1.82, 2.24) is 10.6 Å². The van der Waals surface area contributed by atoms with Gasteiger partial charge in [-0.15, -0.1) is 0 Å². The number of hydrogen-bond donors (Lipinski definition) is 3. The summed E-state index contributed by atoms with van der Waals surface area (Å²) in [5, 5.41) is 5.98. The molecule has 1 aliphatic rings. The molecule has 0 spiro atoms. The average Bonchev–Trinajstić information content (AvgIpc) is 2.04. The van der Waals surface area contributed by atoms with Gasteiger partial charge >= 0.3 is 0 Å². The quantitative estimate of drug-likeness (QED) is 0.410. The maximum atomic E-state index is 5.80. The van der Waals surface area contributed by atoms with Crippen LogP contribution in [0, 0.1) is 0 Å². The van der Waals surface area contributed by atoms with Crippen molar-refractivity contribution in [2.24, 2.45) is 5.73 Å². The Labute approximate surface area is 71.3 Å². The summed E-state index contributed by atoms with van der Waals surface area (Å²) in [6.45, 7) is 0.517. The van der Waals surface area contributed by atoms with Crippen LogP contribution in [0.3, 0.4) is 0 Å². The maximum absolute atomic E-state index is 5.80. The molecule has 0 aromatic rings. The Balaban J connectivity index is 2.74. The Morgan fingerprint density at radius 3 is 3.09 bits per heavy atom. The first kappa shape index (κ1) is 8.43. The van der Waals surface area contributed by atoms with Gasteiger partial charge in [-0.25, -0.2) is 0 Å². The second kappa shape index (κ2) is 3.64. The van der Waals surface area contributed by atoms with E-state index in [4.69, 9.17) is 17.3 Å². The Morgan fingerprint density at radius 2 is 2.55 bits per heavy atom. The number of hydrogen-bond acceptors (Lipinski definition) is 3. The standard InChI is InChI=1S/C7H12ClN3/c1-10-6-2-7(8)11-4-5(6)3-9/h2,4,7,10-11H,3,9H2,1H3. The van der Waals surface area contributed by atoms with E-state index in [0.29, 0.717) is 6.54 Å². The lowest BCUT2D eigenvalue weighted by molar-refractivity contribution is 0.825. The summed E-state index contributed by atoms with van der Waals surface area (Å²) in [6.07, 6.45) is 3.73. The largest absolute Gasteiger partial charge is 0.388 e. The average molecular weight is 174 g/mol. The highest BCUT2D eigenvalue weighted by atomic mass is 35.5. The van der Waals surface area contributed by atoms with Gasteiger partial charge in [-0.3, -0.25) is 0 Å². The van der Waals surface area contributed by atoms with Crippen molar-refractivity contribution in [2.75, 3.05) is 13.6 Å². The molecule has 1 unspecified atom stereocenters. The van der Waals surface area contributed by atoms with Crippen molar-refractivity contribution in [3.63, 3.8) is 0 Å². The highest BCUT2D eigenvalue weighted by Gasteiger charge is 2.09. The Morgan fingerprint density at radius 1 is 1.82 bits per heavy atom. The van der Waals surface area contributed by atoms with Crippen LogP contribution in [-0.2, 0) is 0 Å². The van der Waals surface area contributed by atoms with Gasteiger partial charge in [0.05, 0.1) is 0 Å². The third-order valence-electron chi connectivity index (χ3n) is 1.56. The van der Waals surface area contributed by atoms with Crippen molar-refractivity contribution >= 4 is 11.6 Å². The van der Waals surface area contributed by atoms with E-state index in [0.717, 1.165) is 11.3 Å². The second-order valence-corrected chi connectivity index (χ2v) is 2.74. The lowest BCUT2D eigenvalue weighted by atomic mass is 10.1. The first-order valence-electron chi connectivity index (χ1n) is 3.47. The molecule has 4 heteroatoms. The van der Waals surface area contributed by atoms with Crippen LogP contribution < -0.4 is 16.4 Å². The van der Waals surface area contributed by atoms with Gasteiger partial charge in [0.15, 0.2) is 0 Å². The van der Waals surface area contributed by atoms with Gasteiger partial charge in [0.2, 0.25) is 0 Å². The molecule has 4 N–H and O–H groups in total. The van der Waals surface area contributed by atoms with Gasteiger partial charge in [-0.05, 0) is 6.08 Å². The molecule has 1 aliphatic heterocycles. The van der Waals surface area contributed by atoms with E-state index >= 15 is 0 Å². The molecular formula is C7H12ClN3. The summed E-state index contributed by atoms with van der Waals surface area (Å²) < 4.78 is 0. The normalized spacial score (nSPS) is 23.4. The van der Waals surface area contributed by atoms with Crippen molar-refractivity contribution < 1.29 is 0 Å². The lowest BCUT2D eigenvalue weighted by Gasteiger charge is -2.18. The molecule has 1 rings (SSSR count). The van der Waals surface area contributed by atoms with Crippen LogP contribution in [-0.4, -0.2) is 19.1 Å². The van der Waals surface area contributed by atoms with Gasteiger partial charge in [0.1, 0.15) is 5.50 Å². The molecule has 0 aromatic heterocycles. The fraction of sp³-hybridized carbons (Fsp3) is 0.429. The van der Waals surface area contributed by atoms with Crippen LogP contribution in [0.25, 0.3) is 0 Å². The molecule has 0 saturated carbocycles. The van der Waals surface area contributed by atoms with Crippen molar-refractivity contribution in [3.05, 3.63) is 23.5 Å². The summed E-state index contributed by atoms with van der Waals surface area (Å²) in [4.78, 5) is 0. The molecule has 62 valence electrons. The molecule has 0 aromatic carbocycles. The second-order valence-electron chi connectivity index (χ2n) is 2.27. The molecule has 1 atom stereocenters. The highest BCUT2D eigenvalue weighted by Crippen LogP contribution is 2.11. The minimum atomic E-state index is -0.132. The van der Waals surface area contributed by atoms with Crippen LogP contribution in [0.4, 0.5) is 0 Å². The van der Waals surface area contributed by atoms with Crippen LogP contribution >= 0.6 is 11.6 Å². The minimum Gasteiger partial charge on any atom is -0.388 e. The Bertz CT molecular complexity index is 198. The summed E-state index contributed by atoms with van der Waals surface area (Å²) in [5.41, 5.74) is 7.40. The van der Waals surface area contributed by atoms with Gasteiger partial charge in [-0.2, -0.15) is 0 Å². The van der Waals surface area contributed by atoms with Gasteiger partial charge in [0.25, 0.3) is 0 Å². The fourth-order valence-electron chi connectivity index (χ4n) is 0.972. The topological polar surface area (TPSA) is 50.1 Å². The van der Waals surface area contributed by atoms with Gasteiger partial charge < -0.3 is 16.4 Å². The predicted octanol–water partition coefficient (Wildman–Crippen LogP) is 0.100. The zero-order valence-corrected chi connectivity index (χ0v) is 7.15. The molecule has 0 aliphatic carbocycles. The van der Waals surface area contributed by atoms with Crippen LogP contribution in [0.5, 0.6) is 0 Å². The van der Waals surface area contributed by atoms with E-state index in [-0.39, 0.29) is 5.50 Å². The number of rotatable bonds is 2. The number of likely N-dealkylation sites (N-methyl/N-ethyl adjacent to an activating group) is 1. The van der Waals surface area contributed by atoms with E-state index in [1.54, 1.807) is 0 Å². The van der Waals surface area contributed by atoms with Gasteiger partial charge in [0, 0.05) is 31.1 Å². The summed E-state index contributed by atoms with van der Waals surface area (Å²) in [7, 11) is 1.85. The first-order chi connectivity index (χ1) is 5.27. The maximum Gasteiger partial charge on any atom is 0.122 e. The molecule has 0 saturated heterocycles. The van der Waals surface area contributed by atoms with Crippen LogP contribution in [0.1, 0.15) is 0 Å². The van der Waals surface area contributed by atoms with Gasteiger partial charge in [-0.1, -0.05) is 11.6 Å². The number of nitrogens with two attached hydrogens (primary N) is 1. The van der Waals surface area contributed by atoms with Crippen molar-refractivity contribution in [3.8, 4) is 0 Å². The Hall–Kier alpha value is -0.670. The van der Waals surface area contributed by atoms with Crippen LogP contribution in [0.2, 0.25) is 0 Å². The zero-order chi connectivity index (χ0) is 8.27. The van der Waals surface area contributed by atoms with E-state index in [1.165, 1.54) is 0 Å². The number of dihydropyridines is 1. The minimum absolute atomic E-state index is 0.132. The number of halogens is 1. The molecule has 3 nitrogen and oxygen atoms in total. The van der Waals surface area contributed by atoms with E-state index in [1.807, 2.05) is 19.3 Å². The molecule has 0 radical (unpaired) electrons. The Kier molecular flexibility index (Phi) is 2.79. The zero-order valence-electron chi connectivity index (χ0n) is 6.39. The van der Waals surface area contributed by atoms with Crippen LogP contribution in [0.15, 0.2) is 23.5 Å². The number of nitrogens with one attached hydrogen (secondary N) is 2. The summed E-state index contributed by atoms with van der Waals surface area (Å²) in [6, 6.07) is 0. The van der Waals surface area contributed by atoms with E-state index in [2.05, 4.69) is 10.6 Å². The SMILES string of the molecule is CNC1=CC(Cl)NC=C1CN.